The number of aromatic nitrogens is 3. The Morgan fingerprint density at radius 1 is 1.03 bits per heavy atom. The highest BCUT2D eigenvalue weighted by atomic mass is 19.1. The van der Waals surface area contributed by atoms with E-state index >= 15 is 0 Å². The van der Waals surface area contributed by atoms with Crippen LogP contribution in [0.15, 0.2) is 57.7 Å². The fourth-order valence-corrected chi connectivity index (χ4v) is 4.65. The van der Waals surface area contributed by atoms with E-state index < -0.39 is 5.63 Å². The molecule has 2 aromatic carbocycles. The predicted octanol–water partition coefficient (Wildman–Crippen LogP) is 5.45. The maximum absolute atomic E-state index is 13.4. The SMILES string of the molecule is Cc1nc2c(-c3ccc(F)cc3)c(C)nn2c(C)c1CCC(=O)Nc1ccc2c(C)cc(=O)oc2c1. The summed E-state index contributed by atoms with van der Waals surface area (Å²) in [6.07, 6.45) is 0.731. The Kier molecular flexibility index (Phi) is 5.88. The van der Waals surface area contributed by atoms with Crippen LogP contribution in [0.2, 0.25) is 0 Å². The second-order valence-corrected chi connectivity index (χ2v) is 8.97. The lowest BCUT2D eigenvalue weighted by Gasteiger charge is -2.12. The van der Waals surface area contributed by atoms with Gasteiger partial charge in [-0.15, -0.1) is 0 Å². The fraction of sp³-hybridized carbons (Fsp3) is 0.214. The van der Waals surface area contributed by atoms with Gasteiger partial charge in [0.25, 0.3) is 0 Å². The Hall–Kier alpha value is -4.33. The number of benzene rings is 2. The van der Waals surface area contributed by atoms with E-state index in [0.29, 0.717) is 23.3 Å². The van der Waals surface area contributed by atoms with Crippen molar-refractivity contribution in [2.24, 2.45) is 0 Å². The Bertz CT molecular complexity index is 1700. The normalized spacial score (nSPS) is 11.4. The van der Waals surface area contributed by atoms with E-state index in [-0.39, 0.29) is 18.1 Å². The molecule has 0 aliphatic heterocycles. The first-order valence-electron chi connectivity index (χ1n) is 11.7. The first-order chi connectivity index (χ1) is 17.2. The van der Waals surface area contributed by atoms with E-state index in [9.17, 15) is 14.0 Å². The molecule has 0 fully saturated rings. The molecule has 0 spiro atoms. The van der Waals surface area contributed by atoms with Gasteiger partial charge in [0.2, 0.25) is 5.91 Å². The third-order valence-electron chi connectivity index (χ3n) is 6.47. The zero-order valence-electron chi connectivity index (χ0n) is 20.5. The summed E-state index contributed by atoms with van der Waals surface area (Å²) in [6, 6.07) is 13.0. The summed E-state index contributed by atoms with van der Waals surface area (Å²) in [6.45, 7) is 7.63. The zero-order chi connectivity index (χ0) is 25.6. The van der Waals surface area contributed by atoms with Crippen molar-refractivity contribution < 1.29 is 13.6 Å². The quantitative estimate of drug-likeness (QED) is 0.335. The fourth-order valence-electron chi connectivity index (χ4n) is 4.65. The van der Waals surface area contributed by atoms with Gasteiger partial charge in [-0.2, -0.15) is 5.10 Å². The van der Waals surface area contributed by atoms with Crippen LogP contribution < -0.4 is 10.9 Å². The van der Waals surface area contributed by atoms with Gasteiger partial charge in [-0.3, -0.25) is 4.79 Å². The summed E-state index contributed by atoms with van der Waals surface area (Å²) in [5.74, 6) is -0.455. The minimum Gasteiger partial charge on any atom is -0.423 e. The molecule has 182 valence electrons. The van der Waals surface area contributed by atoms with Crippen molar-refractivity contribution >= 4 is 28.2 Å². The van der Waals surface area contributed by atoms with Gasteiger partial charge < -0.3 is 9.73 Å². The lowest BCUT2D eigenvalue weighted by Crippen LogP contribution is -2.14. The molecule has 7 nitrogen and oxygen atoms in total. The molecule has 0 atom stereocenters. The van der Waals surface area contributed by atoms with Gasteiger partial charge in [0, 0.05) is 46.6 Å². The van der Waals surface area contributed by atoms with Crippen LogP contribution in [0.5, 0.6) is 0 Å². The summed E-state index contributed by atoms with van der Waals surface area (Å²) in [4.78, 5) is 29.2. The molecule has 5 aromatic rings. The molecule has 0 aliphatic rings. The molecule has 1 amide bonds. The summed E-state index contributed by atoms with van der Waals surface area (Å²) in [5, 5.41) is 8.39. The van der Waals surface area contributed by atoms with Crippen LogP contribution in [-0.2, 0) is 11.2 Å². The van der Waals surface area contributed by atoms with Crippen molar-refractivity contribution in [3.8, 4) is 11.1 Å². The summed E-state index contributed by atoms with van der Waals surface area (Å²) < 4.78 is 20.5. The van der Waals surface area contributed by atoms with Gasteiger partial charge in [-0.1, -0.05) is 12.1 Å². The molecule has 0 bridgehead atoms. The number of carbonyl (C=O) groups excluding carboxylic acids is 1. The van der Waals surface area contributed by atoms with E-state index in [1.54, 1.807) is 28.8 Å². The number of hydrogen-bond acceptors (Lipinski definition) is 5. The number of hydrogen-bond donors (Lipinski definition) is 1. The van der Waals surface area contributed by atoms with Crippen molar-refractivity contribution in [1.82, 2.24) is 14.6 Å². The average molecular weight is 485 g/mol. The monoisotopic (exact) mass is 484 g/mol. The van der Waals surface area contributed by atoms with Crippen LogP contribution in [-0.4, -0.2) is 20.5 Å². The minimum atomic E-state index is -0.422. The molecule has 5 rings (SSSR count). The second kappa shape index (κ2) is 9.03. The molecule has 36 heavy (non-hydrogen) atoms. The lowest BCUT2D eigenvalue weighted by molar-refractivity contribution is -0.116. The molecule has 8 heteroatoms. The first-order valence-corrected chi connectivity index (χ1v) is 11.7. The van der Waals surface area contributed by atoms with E-state index in [4.69, 9.17) is 9.40 Å². The predicted molar refractivity (Wildman–Crippen MR) is 137 cm³/mol. The number of halogens is 1. The molecule has 0 saturated carbocycles. The highest BCUT2D eigenvalue weighted by Crippen LogP contribution is 2.30. The van der Waals surface area contributed by atoms with Crippen molar-refractivity contribution in [2.45, 2.75) is 40.5 Å². The van der Waals surface area contributed by atoms with Crippen molar-refractivity contribution in [3.05, 3.63) is 93.0 Å². The summed E-state index contributed by atoms with van der Waals surface area (Å²) in [5.41, 5.74) is 7.29. The molecular formula is C28H25FN4O3. The van der Waals surface area contributed by atoms with E-state index in [1.165, 1.54) is 18.2 Å². The van der Waals surface area contributed by atoms with Crippen LogP contribution >= 0.6 is 0 Å². The topological polar surface area (TPSA) is 89.5 Å². The third-order valence-corrected chi connectivity index (χ3v) is 6.47. The number of rotatable bonds is 5. The molecule has 0 saturated heterocycles. The van der Waals surface area contributed by atoms with Crippen LogP contribution in [0.3, 0.4) is 0 Å². The first kappa shape index (κ1) is 23.4. The number of carbonyl (C=O) groups is 1. The Labute approximate surface area is 206 Å². The minimum absolute atomic E-state index is 0.160. The van der Waals surface area contributed by atoms with Gasteiger partial charge in [0.1, 0.15) is 11.4 Å². The third kappa shape index (κ3) is 4.26. The Morgan fingerprint density at radius 2 is 1.78 bits per heavy atom. The van der Waals surface area contributed by atoms with Gasteiger partial charge >= 0.3 is 5.63 Å². The zero-order valence-corrected chi connectivity index (χ0v) is 20.5. The Morgan fingerprint density at radius 3 is 2.53 bits per heavy atom. The smallest absolute Gasteiger partial charge is 0.336 e. The van der Waals surface area contributed by atoms with Crippen LogP contribution in [0.25, 0.3) is 27.7 Å². The average Bonchev–Trinajstić information content (AvgIpc) is 3.15. The maximum atomic E-state index is 13.4. The van der Waals surface area contributed by atoms with Crippen LogP contribution in [0.1, 0.15) is 34.6 Å². The van der Waals surface area contributed by atoms with Gasteiger partial charge in [-0.25, -0.2) is 18.7 Å². The standard InChI is InChI=1S/C28H25FN4O3/c1-15-13-26(35)36-24-14-21(9-10-22(15)24)31-25(34)12-11-23-16(2)30-28-27(17(3)32-33(28)18(23)4)19-5-7-20(29)8-6-19/h5-10,13-14H,11-12H2,1-4H3,(H,31,34). The van der Waals surface area contributed by atoms with Gasteiger partial charge in [0.15, 0.2) is 5.65 Å². The largest absolute Gasteiger partial charge is 0.423 e. The molecule has 3 aromatic heterocycles. The van der Waals surface area contributed by atoms with Crippen molar-refractivity contribution in [1.29, 1.82) is 0 Å². The van der Waals surface area contributed by atoms with Crippen molar-refractivity contribution in [2.75, 3.05) is 5.32 Å². The van der Waals surface area contributed by atoms with Crippen molar-refractivity contribution in [3.63, 3.8) is 0 Å². The molecule has 0 unspecified atom stereocenters. The highest BCUT2D eigenvalue weighted by molar-refractivity contribution is 5.93. The molecule has 0 aliphatic carbocycles. The summed E-state index contributed by atoms with van der Waals surface area (Å²) >= 11 is 0. The van der Waals surface area contributed by atoms with Crippen LogP contribution in [0.4, 0.5) is 10.1 Å². The number of fused-ring (bicyclic) bond motifs is 2. The van der Waals surface area contributed by atoms with E-state index in [1.807, 2.05) is 33.8 Å². The lowest BCUT2D eigenvalue weighted by atomic mass is 10.0. The van der Waals surface area contributed by atoms with E-state index in [0.717, 1.165) is 44.7 Å². The number of nitrogens with one attached hydrogen (secondary N) is 1. The second-order valence-electron chi connectivity index (χ2n) is 8.97. The molecule has 3 heterocycles. The Balaban J connectivity index is 1.38. The van der Waals surface area contributed by atoms with Gasteiger partial charge in [-0.05, 0) is 75.1 Å². The molecule has 0 radical (unpaired) electrons. The van der Waals surface area contributed by atoms with E-state index in [2.05, 4.69) is 10.4 Å². The van der Waals surface area contributed by atoms with Crippen LogP contribution in [0, 0.1) is 33.5 Å². The number of amides is 1. The number of anilines is 1. The molecule has 1 N–H and O–H groups in total. The van der Waals surface area contributed by atoms with Gasteiger partial charge in [0.05, 0.1) is 5.69 Å². The maximum Gasteiger partial charge on any atom is 0.336 e. The number of aryl methyl sites for hydroxylation is 4. The highest BCUT2D eigenvalue weighted by Gasteiger charge is 2.18. The molecular weight excluding hydrogens is 459 g/mol. The summed E-state index contributed by atoms with van der Waals surface area (Å²) in [7, 11) is 0. The number of nitrogens with zero attached hydrogens (tertiary/aromatic N) is 3.